The third-order valence-electron chi connectivity index (χ3n) is 1.47. The molecule has 0 aliphatic carbocycles. The van der Waals surface area contributed by atoms with Crippen LogP contribution in [0.2, 0.25) is 0 Å². The van der Waals surface area contributed by atoms with Crippen molar-refractivity contribution in [2.75, 3.05) is 7.11 Å². The second kappa shape index (κ2) is 3.59. The zero-order valence-corrected chi connectivity index (χ0v) is 8.13. The average molecular weight is 190 g/mol. The van der Waals surface area contributed by atoms with E-state index in [1.54, 1.807) is 13.8 Å². The summed E-state index contributed by atoms with van der Waals surface area (Å²) in [7, 11) is -2.01. The molecule has 3 atom stereocenters. The van der Waals surface area contributed by atoms with E-state index in [0.29, 0.717) is 0 Å². The molecule has 0 aromatic heterocycles. The SMILES string of the molecule is CC#CC1OP(=O)(OC)OC1C. The molecule has 0 amide bonds. The molecule has 1 saturated heterocycles. The van der Waals surface area contributed by atoms with Crippen molar-refractivity contribution in [3.8, 4) is 11.8 Å². The third-order valence-corrected chi connectivity index (χ3v) is 3.00. The lowest BCUT2D eigenvalue weighted by atomic mass is 10.2. The van der Waals surface area contributed by atoms with Gasteiger partial charge in [-0.05, 0) is 13.8 Å². The molecule has 68 valence electrons. The summed E-state index contributed by atoms with van der Waals surface area (Å²) in [5.41, 5.74) is 0. The minimum atomic E-state index is -3.30. The standard InChI is InChI=1S/C7H11O4P/c1-4-5-7-6(2)10-12(8,9-3)11-7/h6-7H,1-3H3. The Balaban J connectivity index is 2.72. The van der Waals surface area contributed by atoms with Crippen molar-refractivity contribution in [3.63, 3.8) is 0 Å². The molecule has 0 aromatic carbocycles. The molecule has 1 rings (SSSR count). The summed E-state index contributed by atoms with van der Waals surface area (Å²) >= 11 is 0. The first kappa shape index (κ1) is 9.76. The van der Waals surface area contributed by atoms with Gasteiger partial charge < -0.3 is 0 Å². The summed E-state index contributed by atoms with van der Waals surface area (Å²) in [6.07, 6.45) is -0.746. The van der Waals surface area contributed by atoms with Crippen molar-refractivity contribution in [2.45, 2.75) is 26.1 Å². The van der Waals surface area contributed by atoms with Crippen molar-refractivity contribution in [2.24, 2.45) is 0 Å². The number of hydrogen-bond acceptors (Lipinski definition) is 4. The van der Waals surface area contributed by atoms with Crippen LogP contribution in [0.25, 0.3) is 0 Å². The fourth-order valence-electron chi connectivity index (χ4n) is 0.881. The molecular weight excluding hydrogens is 179 g/mol. The summed E-state index contributed by atoms with van der Waals surface area (Å²) in [4.78, 5) is 0. The molecule has 12 heavy (non-hydrogen) atoms. The second-order valence-corrected chi connectivity index (χ2v) is 4.04. The van der Waals surface area contributed by atoms with Crippen LogP contribution in [0, 0.1) is 11.8 Å². The molecule has 0 bridgehead atoms. The quantitative estimate of drug-likeness (QED) is 0.465. The van der Waals surface area contributed by atoms with Gasteiger partial charge in [0.1, 0.15) is 6.10 Å². The topological polar surface area (TPSA) is 44.8 Å². The van der Waals surface area contributed by atoms with Crippen LogP contribution in [0.1, 0.15) is 13.8 Å². The molecule has 1 aliphatic heterocycles. The van der Waals surface area contributed by atoms with Gasteiger partial charge in [-0.2, -0.15) is 0 Å². The molecule has 1 fully saturated rings. The highest BCUT2D eigenvalue weighted by atomic mass is 31.2. The summed E-state index contributed by atoms with van der Waals surface area (Å²) in [5, 5.41) is 0. The van der Waals surface area contributed by atoms with Gasteiger partial charge in [0.05, 0.1) is 0 Å². The summed E-state index contributed by atoms with van der Waals surface area (Å²) in [5.74, 6) is 5.40. The minimum Gasteiger partial charge on any atom is -0.290 e. The van der Waals surface area contributed by atoms with Crippen LogP contribution in [0.3, 0.4) is 0 Å². The minimum absolute atomic E-state index is 0.303. The first-order valence-corrected chi connectivity index (χ1v) is 5.02. The number of rotatable bonds is 1. The van der Waals surface area contributed by atoms with Crippen LogP contribution in [-0.2, 0) is 18.1 Å². The smallest absolute Gasteiger partial charge is 0.290 e. The molecule has 1 heterocycles. The third kappa shape index (κ3) is 1.88. The Kier molecular flexibility index (Phi) is 2.92. The Morgan fingerprint density at radius 3 is 2.58 bits per heavy atom. The number of phosphoric acid groups is 1. The number of phosphoric ester groups is 1. The van der Waals surface area contributed by atoms with E-state index < -0.39 is 13.9 Å². The van der Waals surface area contributed by atoms with E-state index in [0.717, 1.165) is 0 Å². The maximum atomic E-state index is 11.3. The Bertz CT molecular complexity index is 264. The zero-order valence-electron chi connectivity index (χ0n) is 7.23. The van der Waals surface area contributed by atoms with Gasteiger partial charge in [-0.1, -0.05) is 5.92 Å². The van der Waals surface area contributed by atoms with E-state index in [4.69, 9.17) is 9.05 Å². The van der Waals surface area contributed by atoms with E-state index in [9.17, 15) is 4.57 Å². The van der Waals surface area contributed by atoms with Gasteiger partial charge in [0.2, 0.25) is 0 Å². The monoisotopic (exact) mass is 190 g/mol. The van der Waals surface area contributed by atoms with E-state index in [1.807, 2.05) is 0 Å². The van der Waals surface area contributed by atoms with Crippen LogP contribution in [0.4, 0.5) is 0 Å². The van der Waals surface area contributed by atoms with Crippen molar-refractivity contribution < 1.29 is 18.1 Å². The van der Waals surface area contributed by atoms with Crippen LogP contribution >= 0.6 is 7.82 Å². The van der Waals surface area contributed by atoms with Gasteiger partial charge >= 0.3 is 7.82 Å². The van der Waals surface area contributed by atoms with Gasteiger partial charge in [0.25, 0.3) is 0 Å². The molecule has 0 spiro atoms. The lowest BCUT2D eigenvalue weighted by molar-refractivity contribution is 0.205. The van der Waals surface area contributed by atoms with E-state index in [-0.39, 0.29) is 6.10 Å². The van der Waals surface area contributed by atoms with Crippen LogP contribution in [-0.4, -0.2) is 19.3 Å². The molecule has 5 heteroatoms. The fraction of sp³-hybridized carbons (Fsp3) is 0.714. The molecule has 0 aromatic rings. The maximum absolute atomic E-state index is 11.3. The highest BCUT2D eigenvalue weighted by Crippen LogP contribution is 2.56. The summed E-state index contributed by atoms with van der Waals surface area (Å²) < 4.78 is 25.9. The Morgan fingerprint density at radius 1 is 1.50 bits per heavy atom. The van der Waals surface area contributed by atoms with Gasteiger partial charge in [-0.3, -0.25) is 13.6 Å². The Morgan fingerprint density at radius 2 is 2.17 bits per heavy atom. The van der Waals surface area contributed by atoms with Crippen molar-refractivity contribution >= 4 is 7.82 Å². The first-order valence-electron chi connectivity index (χ1n) is 3.56. The summed E-state index contributed by atoms with van der Waals surface area (Å²) in [6.45, 7) is 3.43. The zero-order chi connectivity index (χ0) is 9.19. The van der Waals surface area contributed by atoms with Crippen molar-refractivity contribution in [1.29, 1.82) is 0 Å². The Labute approximate surface area is 71.8 Å². The molecule has 3 unspecified atom stereocenters. The van der Waals surface area contributed by atoms with Crippen LogP contribution < -0.4 is 0 Å². The molecule has 4 nitrogen and oxygen atoms in total. The van der Waals surface area contributed by atoms with Gasteiger partial charge in [0.15, 0.2) is 6.10 Å². The molecule has 0 N–H and O–H groups in total. The normalized spacial score (nSPS) is 40.6. The van der Waals surface area contributed by atoms with E-state index >= 15 is 0 Å². The average Bonchev–Trinajstić information content (AvgIpc) is 2.30. The van der Waals surface area contributed by atoms with Crippen molar-refractivity contribution in [3.05, 3.63) is 0 Å². The van der Waals surface area contributed by atoms with Crippen LogP contribution in [0.15, 0.2) is 0 Å². The lowest BCUT2D eigenvalue weighted by Crippen LogP contribution is -2.16. The second-order valence-electron chi connectivity index (χ2n) is 2.36. The van der Waals surface area contributed by atoms with Gasteiger partial charge in [-0.15, -0.1) is 5.92 Å². The molecule has 0 radical (unpaired) electrons. The molecule has 0 saturated carbocycles. The first-order chi connectivity index (χ1) is 5.61. The van der Waals surface area contributed by atoms with E-state index in [2.05, 4.69) is 16.4 Å². The highest BCUT2D eigenvalue weighted by molar-refractivity contribution is 7.48. The highest BCUT2D eigenvalue weighted by Gasteiger charge is 2.42. The predicted octanol–water partition coefficient (Wildman–Crippen LogP) is 1.57. The molecule has 1 aliphatic rings. The summed E-state index contributed by atoms with van der Waals surface area (Å²) in [6, 6.07) is 0. The molecular formula is C7H11O4P. The van der Waals surface area contributed by atoms with Crippen LogP contribution in [0.5, 0.6) is 0 Å². The van der Waals surface area contributed by atoms with E-state index in [1.165, 1.54) is 7.11 Å². The van der Waals surface area contributed by atoms with Gasteiger partial charge in [0, 0.05) is 7.11 Å². The fourth-order valence-corrected chi connectivity index (χ4v) is 2.12. The predicted molar refractivity (Wildman–Crippen MR) is 43.5 cm³/mol. The Hall–Kier alpha value is -0.330. The number of hydrogen-bond donors (Lipinski definition) is 0. The van der Waals surface area contributed by atoms with Gasteiger partial charge in [-0.25, -0.2) is 4.57 Å². The largest absolute Gasteiger partial charge is 0.476 e. The maximum Gasteiger partial charge on any atom is 0.476 e. The van der Waals surface area contributed by atoms with Crippen molar-refractivity contribution in [1.82, 2.24) is 0 Å². The lowest BCUT2D eigenvalue weighted by Gasteiger charge is -2.04.